The first-order chi connectivity index (χ1) is 14.6. The van der Waals surface area contributed by atoms with E-state index >= 15 is 0 Å². The van der Waals surface area contributed by atoms with E-state index < -0.39 is 0 Å². The summed E-state index contributed by atoms with van der Waals surface area (Å²) in [6.45, 7) is 0.514. The first-order valence-electron chi connectivity index (χ1n) is 9.45. The molecular weight excluding hydrogens is 401 g/mol. The van der Waals surface area contributed by atoms with Crippen LogP contribution >= 0.6 is 11.8 Å². The van der Waals surface area contributed by atoms with Crippen LogP contribution in [0.15, 0.2) is 89.8 Å². The highest BCUT2D eigenvalue weighted by molar-refractivity contribution is 8.00. The van der Waals surface area contributed by atoms with Gasteiger partial charge < -0.3 is 10.6 Å². The van der Waals surface area contributed by atoms with E-state index in [1.807, 2.05) is 48.5 Å². The Hall–Kier alpha value is -3.32. The third-order valence-corrected chi connectivity index (χ3v) is 5.19. The molecule has 0 unspecified atom stereocenters. The van der Waals surface area contributed by atoms with Crippen LogP contribution in [0.3, 0.4) is 0 Å². The Labute approximate surface area is 179 Å². The predicted molar refractivity (Wildman–Crippen MR) is 119 cm³/mol. The summed E-state index contributed by atoms with van der Waals surface area (Å²) in [6, 6.07) is 24.0. The molecule has 0 heterocycles. The minimum absolute atomic E-state index is 0.119. The lowest BCUT2D eigenvalue weighted by molar-refractivity contribution is -0.118. The standard InChI is InChI=1S/C23H22FN3O2S/c24-18-11-13-20(14-12-18)27(23(29)26-19-7-3-1-4-8-19)16-15-25-22(28)17-30-21-9-5-2-6-10-21/h1-14H,15-17H2,(H,25,28)(H,26,29). The highest BCUT2D eigenvalue weighted by atomic mass is 32.2. The van der Waals surface area contributed by atoms with Crippen molar-refractivity contribution >= 4 is 35.1 Å². The van der Waals surface area contributed by atoms with E-state index in [-0.39, 0.29) is 36.6 Å². The number of rotatable bonds is 8. The molecule has 0 bridgehead atoms. The number of nitrogens with one attached hydrogen (secondary N) is 2. The number of anilines is 2. The fraction of sp³-hybridized carbons (Fsp3) is 0.130. The van der Waals surface area contributed by atoms with Crippen LogP contribution in [0.4, 0.5) is 20.6 Å². The maximum absolute atomic E-state index is 13.3. The lowest BCUT2D eigenvalue weighted by Crippen LogP contribution is -2.41. The Balaban J connectivity index is 1.57. The van der Waals surface area contributed by atoms with Crippen LogP contribution in [0.2, 0.25) is 0 Å². The first-order valence-corrected chi connectivity index (χ1v) is 10.4. The molecule has 0 radical (unpaired) electrons. The molecule has 0 saturated heterocycles. The summed E-state index contributed by atoms with van der Waals surface area (Å²) in [5, 5.41) is 5.64. The number of halogens is 1. The van der Waals surface area contributed by atoms with E-state index in [9.17, 15) is 14.0 Å². The van der Waals surface area contributed by atoms with Gasteiger partial charge in [-0.1, -0.05) is 36.4 Å². The second-order valence-electron chi connectivity index (χ2n) is 6.38. The highest BCUT2D eigenvalue weighted by Gasteiger charge is 2.16. The van der Waals surface area contributed by atoms with Gasteiger partial charge in [-0.05, 0) is 48.5 Å². The van der Waals surface area contributed by atoms with E-state index in [1.165, 1.54) is 40.9 Å². The monoisotopic (exact) mass is 423 g/mol. The molecule has 0 aliphatic heterocycles. The van der Waals surface area contributed by atoms with Gasteiger partial charge in [0, 0.05) is 29.4 Å². The van der Waals surface area contributed by atoms with Gasteiger partial charge in [0.15, 0.2) is 0 Å². The lowest BCUT2D eigenvalue weighted by Gasteiger charge is -2.23. The van der Waals surface area contributed by atoms with Gasteiger partial charge in [0.2, 0.25) is 5.91 Å². The molecule has 0 saturated carbocycles. The first kappa shape index (κ1) is 21.4. The van der Waals surface area contributed by atoms with Crippen molar-refractivity contribution in [3.8, 4) is 0 Å². The van der Waals surface area contributed by atoms with Crippen molar-refractivity contribution in [3.05, 3.63) is 90.7 Å². The molecule has 0 aliphatic carbocycles. The van der Waals surface area contributed by atoms with Crippen molar-refractivity contribution in [3.63, 3.8) is 0 Å². The average molecular weight is 424 g/mol. The second kappa shape index (κ2) is 11.0. The molecule has 7 heteroatoms. The molecule has 3 aromatic carbocycles. The molecule has 0 aromatic heterocycles. The van der Waals surface area contributed by atoms with Gasteiger partial charge in [0.1, 0.15) is 5.82 Å². The Bertz CT molecular complexity index is 953. The van der Waals surface area contributed by atoms with Crippen molar-refractivity contribution in [2.24, 2.45) is 0 Å². The van der Waals surface area contributed by atoms with Gasteiger partial charge in [-0.2, -0.15) is 0 Å². The zero-order valence-electron chi connectivity index (χ0n) is 16.3. The zero-order valence-corrected chi connectivity index (χ0v) is 17.1. The molecule has 0 atom stereocenters. The number of urea groups is 1. The number of hydrogen-bond donors (Lipinski definition) is 2. The topological polar surface area (TPSA) is 61.4 Å². The molecule has 30 heavy (non-hydrogen) atoms. The molecule has 154 valence electrons. The fourth-order valence-corrected chi connectivity index (χ4v) is 3.45. The predicted octanol–water partition coefficient (Wildman–Crippen LogP) is 4.77. The number of thioether (sulfide) groups is 1. The largest absolute Gasteiger partial charge is 0.354 e. The summed E-state index contributed by atoms with van der Waals surface area (Å²) in [7, 11) is 0. The Kier molecular flexibility index (Phi) is 7.86. The third-order valence-electron chi connectivity index (χ3n) is 4.18. The smallest absolute Gasteiger partial charge is 0.326 e. The van der Waals surface area contributed by atoms with Gasteiger partial charge in [-0.3, -0.25) is 9.69 Å². The van der Waals surface area contributed by atoms with Crippen LogP contribution in [0, 0.1) is 5.82 Å². The summed E-state index contributed by atoms with van der Waals surface area (Å²) in [4.78, 5) is 27.4. The van der Waals surface area contributed by atoms with Crippen LogP contribution in [-0.4, -0.2) is 30.8 Å². The van der Waals surface area contributed by atoms with E-state index in [0.717, 1.165) is 4.90 Å². The molecule has 5 nitrogen and oxygen atoms in total. The minimum atomic E-state index is -0.381. The Morgan fingerprint density at radius 2 is 1.50 bits per heavy atom. The average Bonchev–Trinajstić information content (AvgIpc) is 2.77. The van der Waals surface area contributed by atoms with Gasteiger partial charge in [-0.25, -0.2) is 9.18 Å². The van der Waals surface area contributed by atoms with E-state index in [2.05, 4.69) is 10.6 Å². The number of para-hydroxylation sites is 1. The number of hydrogen-bond acceptors (Lipinski definition) is 3. The molecule has 3 amide bonds. The number of carbonyl (C=O) groups excluding carboxylic acids is 2. The fourth-order valence-electron chi connectivity index (χ4n) is 2.71. The van der Waals surface area contributed by atoms with Gasteiger partial charge in [0.25, 0.3) is 0 Å². The van der Waals surface area contributed by atoms with E-state index in [1.54, 1.807) is 12.1 Å². The molecule has 2 N–H and O–H groups in total. The van der Waals surface area contributed by atoms with Crippen LogP contribution in [0.5, 0.6) is 0 Å². The summed E-state index contributed by atoms with van der Waals surface area (Å²) < 4.78 is 13.3. The van der Waals surface area contributed by atoms with Gasteiger partial charge >= 0.3 is 6.03 Å². The molecule has 0 fully saturated rings. The van der Waals surface area contributed by atoms with Crippen LogP contribution < -0.4 is 15.5 Å². The van der Waals surface area contributed by atoms with Gasteiger partial charge in [0.05, 0.1) is 5.75 Å². The summed E-state index contributed by atoms with van der Waals surface area (Å²) >= 11 is 1.45. The summed E-state index contributed by atoms with van der Waals surface area (Å²) in [5.41, 5.74) is 1.19. The van der Waals surface area contributed by atoms with Crippen molar-refractivity contribution in [1.82, 2.24) is 5.32 Å². The minimum Gasteiger partial charge on any atom is -0.354 e. The van der Waals surface area contributed by atoms with Crippen molar-refractivity contribution in [2.45, 2.75) is 4.90 Å². The third kappa shape index (κ3) is 6.63. The number of amides is 3. The molecule has 0 spiro atoms. The number of nitrogens with zero attached hydrogens (tertiary/aromatic N) is 1. The van der Waals surface area contributed by atoms with E-state index in [0.29, 0.717) is 11.4 Å². The maximum atomic E-state index is 13.3. The quantitative estimate of drug-likeness (QED) is 0.513. The van der Waals surface area contributed by atoms with Gasteiger partial charge in [-0.15, -0.1) is 11.8 Å². The normalized spacial score (nSPS) is 10.3. The molecular formula is C23H22FN3O2S. The zero-order chi connectivity index (χ0) is 21.2. The number of carbonyl (C=O) groups is 2. The van der Waals surface area contributed by atoms with Crippen molar-refractivity contribution in [2.75, 3.05) is 29.1 Å². The van der Waals surface area contributed by atoms with Crippen molar-refractivity contribution < 1.29 is 14.0 Å². The number of benzene rings is 3. The Morgan fingerprint density at radius 3 is 2.17 bits per heavy atom. The van der Waals surface area contributed by atoms with Crippen LogP contribution in [-0.2, 0) is 4.79 Å². The molecule has 0 aliphatic rings. The Morgan fingerprint density at radius 1 is 0.867 bits per heavy atom. The maximum Gasteiger partial charge on any atom is 0.326 e. The van der Waals surface area contributed by atoms with Crippen LogP contribution in [0.25, 0.3) is 0 Å². The van der Waals surface area contributed by atoms with Crippen molar-refractivity contribution in [1.29, 1.82) is 0 Å². The molecule has 3 rings (SSSR count). The summed E-state index contributed by atoms with van der Waals surface area (Å²) in [5.74, 6) is -0.212. The van der Waals surface area contributed by atoms with E-state index in [4.69, 9.17) is 0 Å². The summed E-state index contributed by atoms with van der Waals surface area (Å²) in [6.07, 6.45) is 0. The second-order valence-corrected chi connectivity index (χ2v) is 7.42. The highest BCUT2D eigenvalue weighted by Crippen LogP contribution is 2.18. The lowest BCUT2D eigenvalue weighted by atomic mass is 10.2. The SMILES string of the molecule is O=C(CSc1ccccc1)NCCN(C(=O)Nc1ccccc1)c1ccc(F)cc1. The molecule has 3 aromatic rings. The van der Waals surface area contributed by atoms with Crippen LogP contribution in [0.1, 0.15) is 0 Å².